The van der Waals surface area contributed by atoms with Gasteiger partial charge in [0.1, 0.15) is 0 Å². The van der Waals surface area contributed by atoms with Gasteiger partial charge in [-0.25, -0.2) is 9.89 Å². The maximum Gasteiger partial charge on any atom is 0.269 e. The summed E-state index contributed by atoms with van der Waals surface area (Å²) in [5.41, 5.74) is 10.6. The fourth-order valence-electron chi connectivity index (χ4n) is 5.36. The van der Waals surface area contributed by atoms with E-state index in [1.165, 1.54) is 0 Å². The lowest BCUT2D eigenvalue weighted by molar-refractivity contribution is -0.124. The van der Waals surface area contributed by atoms with Gasteiger partial charge in [-0.3, -0.25) is 9.69 Å². The third kappa shape index (κ3) is 3.85. The first-order chi connectivity index (χ1) is 18.0. The summed E-state index contributed by atoms with van der Waals surface area (Å²) in [5.74, 6) is 0.468. The van der Waals surface area contributed by atoms with E-state index in [1.807, 2.05) is 122 Å². The van der Waals surface area contributed by atoms with E-state index in [2.05, 4.69) is 6.07 Å². The lowest BCUT2D eigenvalue weighted by Gasteiger charge is -2.41. The van der Waals surface area contributed by atoms with E-state index >= 15 is 0 Å². The highest BCUT2D eigenvalue weighted by Crippen LogP contribution is 2.50. The number of nitrogens with two attached hydrogens (primary N) is 1. The summed E-state index contributed by atoms with van der Waals surface area (Å²) in [7, 11) is 0. The Morgan fingerprint density at radius 2 is 1.37 bits per heavy atom. The second-order valence-electron chi connectivity index (χ2n) is 9.48. The third-order valence-corrected chi connectivity index (χ3v) is 7.02. The Balaban J connectivity index is 0.00000294. The van der Waals surface area contributed by atoms with Crippen LogP contribution in [-0.4, -0.2) is 22.7 Å². The molecule has 190 valence electrons. The molecule has 4 aromatic rings. The number of amides is 1. The maximum atomic E-state index is 14.9. The summed E-state index contributed by atoms with van der Waals surface area (Å²) in [6.07, 6.45) is -0.563. The van der Waals surface area contributed by atoms with Crippen LogP contribution in [-0.2, 0) is 10.3 Å². The molecule has 7 heteroatoms. The van der Waals surface area contributed by atoms with Crippen LogP contribution in [0.1, 0.15) is 34.0 Å². The van der Waals surface area contributed by atoms with Crippen molar-refractivity contribution in [3.8, 4) is 0 Å². The fourth-order valence-corrected chi connectivity index (χ4v) is 5.36. The Labute approximate surface area is 228 Å². The number of hydrogen-bond acceptors (Lipinski definition) is 5. The molecule has 1 amide bonds. The highest BCUT2D eigenvalue weighted by molar-refractivity contribution is 6.28. The number of aliphatic imine (C=N–C) groups is 2. The quantitative estimate of drug-likeness (QED) is 0.374. The molecule has 0 spiro atoms. The highest BCUT2D eigenvalue weighted by atomic mass is 35.5. The highest BCUT2D eigenvalue weighted by Gasteiger charge is 2.62. The molecule has 1 unspecified atom stereocenters. The van der Waals surface area contributed by atoms with Gasteiger partial charge in [-0.2, -0.15) is 4.99 Å². The molecule has 4 aromatic carbocycles. The fraction of sp³-hybridized carbons (Fsp3) is 0.129. The van der Waals surface area contributed by atoms with Crippen molar-refractivity contribution in [3.63, 3.8) is 0 Å². The molecule has 1 atom stereocenters. The van der Waals surface area contributed by atoms with Crippen molar-refractivity contribution in [2.45, 2.75) is 25.6 Å². The van der Waals surface area contributed by atoms with Crippen molar-refractivity contribution in [1.82, 2.24) is 4.90 Å². The van der Waals surface area contributed by atoms with Gasteiger partial charge in [-0.1, -0.05) is 108 Å². The van der Waals surface area contributed by atoms with Gasteiger partial charge in [-0.15, -0.1) is 12.4 Å². The van der Waals surface area contributed by atoms with E-state index in [9.17, 15) is 4.79 Å². The van der Waals surface area contributed by atoms with Gasteiger partial charge in [0.15, 0.2) is 11.7 Å². The van der Waals surface area contributed by atoms with E-state index in [1.54, 1.807) is 4.90 Å². The number of anilines is 1. The Bertz CT molecular complexity index is 1490. The predicted molar refractivity (Wildman–Crippen MR) is 154 cm³/mol. The molecule has 2 heterocycles. The molecular weight excluding hydrogens is 494 g/mol. The van der Waals surface area contributed by atoms with Crippen molar-refractivity contribution in [3.05, 3.63) is 137 Å². The van der Waals surface area contributed by atoms with E-state index in [0.717, 1.165) is 33.5 Å². The molecule has 0 radical (unpaired) electrons. The maximum absolute atomic E-state index is 14.9. The number of fused-ring (bicyclic) bond motifs is 1. The molecule has 0 bridgehead atoms. The zero-order chi connectivity index (χ0) is 25.6. The Kier molecular flexibility index (Phi) is 6.51. The first-order valence-electron chi connectivity index (χ1n) is 12.3. The van der Waals surface area contributed by atoms with E-state index in [-0.39, 0.29) is 24.3 Å². The van der Waals surface area contributed by atoms with Gasteiger partial charge < -0.3 is 5.73 Å². The number of nitrogens with zero attached hydrogens (tertiary/aromatic N) is 4. The minimum atomic E-state index is -1.22. The van der Waals surface area contributed by atoms with Gasteiger partial charge in [0.05, 0.1) is 5.69 Å². The van der Waals surface area contributed by atoms with Crippen LogP contribution < -0.4 is 10.6 Å². The standard InChI is InChI=1S/C31H27N5O.ClH/c1-21-16-18-26(19-17-21)35-28(37)31(24-12-5-3-6-13-24,25-14-7-4-8-15-25)36-27(33-29(32)34-30(35)36)23-11-9-10-22(2)20-23;/h3-20,27H,1-2H3,(H2,32,33);1H. The number of guanidine groups is 2. The third-order valence-electron chi connectivity index (χ3n) is 7.02. The van der Waals surface area contributed by atoms with Gasteiger partial charge in [0, 0.05) is 0 Å². The molecule has 6 nitrogen and oxygen atoms in total. The van der Waals surface area contributed by atoms with Crippen LogP contribution in [0.2, 0.25) is 0 Å². The van der Waals surface area contributed by atoms with E-state index in [4.69, 9.17) is 15.7 Å². The van der Waals surface area contributed by atoms with Crippen LogP contribution in [0.4, 0.5) is 5.69 Å². The van der Waals surface area contributed by atoms with Gasteiger partial charge in [0.25, 0.3) is 5.91 Å². The predicted octanol–water partition coefficient (Wildman–Crippen LogP) is 5.70. The van der Waals surface area contributed by atoms with Gasteiger partial charge in [-0.05, 0) is 42.7 Å². The summed E-state index contributed by atoms with van der Waals surface area (Å²) in [5, 5.41) is 0. The summed E-state index contributed by atoms with van der Waals surface area (Å²) < 4.78 is 0. The summed E-state index contributed by atoms with van der Waals surface area (Å²) in [4.78, 5) is 28.2. The monoisotopic (exact) mass is 521 g/mol. The van der Waals surface area contributed by atoms with Crippen LogP contribution in [0.3, 0.4) is 0 Å². The SMILES string of the molecule is Cc1ccc(N2C(=O)C(c3ccccc3)(c3ccccc3)N3C2=NC(N)=NC3c2cccc(C)c2)cc1.Cl. The zero-order valence-corrected chi connectivity index (χ0v) is 22.0. The van der Waals surface area contributed by atoms with Crippen LogP contribution in [0.15, 0.2) is 119 Å². The summed E-state index contributed by atoms with van der Waals surface area (Å²) in [6.45, 7) is 4.07. The van der Waals surface area contributed by atoms with Crippen molar-refractivity contribution in [2.75, 3.05) is 4.90 Å². The van der Waals surface area contributed by atoms with Gasteiger partial charge in [0.2, 0.25) is 11.9 Å². The zero-order valence-electron chi connectivity index (χ0n) is 21.2. The molecular formula is C31H28ClN5O. The molecule has 0 saturated carbocycles. The van der Waals surface area contributed by atoms with Crippen LogP contribution in [0.25, 0.3) is 0 Å². The minimum Gasteiger partial charge on any atom is -0.368 e. The van der Waals surface area contributed by atoms with Crippen molar-refractivity contribution < 1.29 is 4.79 Å². The number of benzene rings is 4. The average Bonchev–Trinajstić information content (AvgIpc) is 3.18. The Hall–Kier alpha value is -4.42. The van der Waals surface area contributed by atoms with Crippen LogP contribution in [0.5, 0.6) is 0 Å². The molecule has 6 rings (SSSR count). The average molecular weight is 522 g/mol. The summed E-state index contributed by atoms with van der Waals surface area (Å²) >= 11 is 0. The molecule has 1 fully saturated rings. The van der Waals surface area contributed by atoms with Gasteiger partial charge >= 0.3 is 0 Å². The largest absolute Gasteiger partial charge is 0.368 e. The number of aryl methyl sites for hydroxylation is 2. The van der Waals surface area contributed by atoms with Crippen molar-refractivity contribution >= 4 is 35.9 Å². The molecule has 2 aliphatic rings. The Morgan fingerprint density at radius 3 is 1.95 bits per heavy atom. The first kappa shape index (κ1) is 25.2. The molecule has 0 aliphatic carbocycles. The summed E-state index contributed by atoms with van der Waals surface area (Å²) in [6, 6.07) is 35.8. The lowest BCUT2D eigenvalue weighted by Crippen LogP contribution is -2.51. The van der Waals surface area contributed by atoms with Crippen molar-refractivity contribution in [1.29, 1.82) is 0 Å². The normalized spacial score (nSPS) is 17.8. The molecule has 38 heavy (non-hydrogen) atoms. The van der Waals surface area contributed by atoms with E-state index in [0.29, 0.717) is 5.96 Å². The van der Waals surface area contributed by atoms with Crippen molar-refractivity contribution in [2.24, 2.45) is 15.7 Å². The number of carbonyl (C=O) groups is 1. The smallest absolute Gasteiger partial charge is 0.269 e. The number of carbonyl (C=O) groups excluding carboxylic acids is 1. The molecule has 1 saturated heterocycles. The second-order valence-corrected chi connectivity index (χ2v) is 9.48. The number of halogens is 1. The minimum absolute atomic E-state index is 0. The van der Waals surface area contributed by atoms with Crippen LogP contribution >= 0.6 is 12.4 Å². The molecule has 2 N–H and O–H groups in total. The van der Waals surface area contributed by atoms with E-state index < -0.39 is 11.7 Å². The number of hydrogen-bond donors (Lipinski definition) is 1. The molecule has 0 aromatic heterocycles. The second kappa shape index (κ2) is 9.80. The first-order valence-corrected chi connectivity index (χ1v) is 12.3. The van der Waals surface area contributed by atoms with Crippen LogP contribution in [0, 0.1) is 13.8 Å². The number of rotatable bonds is 4. The Morgan fingerprint density at radius 1 is 0.763 bits per heavy atom. The topological polar surface area (TPSA) is 74.3 Å². The molecule has 2 aliphatic heterocycles. The lowest BCUT2D eigenvalue weighted by atomic mass is 9.80.